The predicted octanol–water partition coefficient (Wildman–Crippen LogP) is 4.78. The van der Waals surface area contributed by atoms with Crippen LogP contribution >= 0.6 is 27.5 Å². The van der Waals surface area contributed by atoms with Gasteiger partial charge >= 0.3 is 11.8 Å². The van der Waals surface area contributed by atoms with E-state index in [0.29, 0.717) is 27.8 Å². The van der Waals surface area contributed by atoms with Gasteiger partial charge in [-0.2, -0.15) is 5.10 Å². The minimum atomic E-state index is -0.919. The van der Waals surface area contributed by atoms with E-state index in [1.54, 1.807) is 42.5 Å². The van der Waals surface area contributed by atoms with Crippen LogP contribution in [0.4, 0.5) is 5.69 Å². The van der Waals surface area contributed by atoms with Gasteiger partial charge in [-0.25, -0.2) is 5.43 Å². The van der Waals surface area contributed by atoms with Gasteiger partial charge in [-0.3, -0.25) is 9.59 Å². The first-order chi connectivity index (χ1) is 15.5. The molecule has 9 heteroatoms. The van der Waals surface area contributed by atoms with Gasteiger partial charge in [0.1, 0.15) is 18.1 Å². The van der Waals surface area contributed by atoms with E-state index in [9.17, 15) is 9.59 Å². The number of nitrogens with zero attached hydrogens (tertiary/aromatic N) is 1. The molecule has 0 bridgehead atoms. The third-order valence-electron chi connectivity index (χ3n) is 4.22. The van der Waals surface area contributed by atoms with Crippen LogP contribution in [0, 0.1) is 0 Å². The van der Waals surface area contributed by atoms with Crippen LogP contribution in [0.15, 0.2) is 76.3 Å². The fourth-order valence-corrected chi connectivity index (χ4v) is 3.19. The lowest BCUT2D eigenvalue weighted by Gasteiger charge is -2.10. The topological polar surface area (TPSA) is 89.0 Å². The zero-order chi connectivity index (χ0) is 22.9. The Morgan fingerprint density at radius 3 is 2.66 bits per heavy atom. The van der Waals surface area contributed by atoms with Crippen molar-refractivity contribution in [3.8, 4) is 11.5 Å². The van der Waals surface area contributed by atoms with Crippen molar-refractivity contribution < 1.29 is 19.1 Å². The molecule has 0 aliphatic heterocycles. The van der Waals surface area contributed by atoms with E-state index < -0.39 is 11.8 Å². The van der Waals surface area contributed by atoms with E-state index in [4.69, 9.17) is 21.1 Å². The van der Waals surface area contributed by atoms with Crippen molar-refractivity contribution in [2.45, 2.75) is 6.61 Å². The Labute approximate surface area is 198 Å². The summed E-state index contributed by atoms with van der Waals surface area (Å²) < 4.78 is 11.7. The van der Waals surface area contributed by atoms with Crippen molar-refractivity contribution in [2.75, 3.05) is 12.4 Å². The molecule has 0 aromatic heterocycles. The highest BCUT2D eigenvalue weighted by Crippen LogP contribution is 2.24. The first-order valence-electron chi connectivity index (χ1n) is 9.40. The number of hydrogen-bond acceptors (Lipinski definition) is 5. The van der Waals surface area contributed by atoms with E-state index in [0.717, 1.165) is 10.0 Å². The summed E-state index contributed by atoms with van der Waals surface area (Å²) in [5.74, 6) is -0.690. The third-order valence-corrected chi connectivity index (χ3v) is 5.08. The Morgan fingerprint density at radius 2 is 1.88 bits per heavy atom. The van der Waals surface area contributed by atoms with Gasteiger partial charge in [0.2, 0.25) is 0 Å². The number of methoxy groups -OCH3 is 1. The van der Waals surface area contributed by atoms with Gasteiger partial charge in [-0.15, -0.1) is 0 Å². The van der Waals surface area contributed by atoms with E-state index in [-0.39, 0.29) is 6.61 Å². The van der Waals surface area contributed by atoms with Gasteiger partial charge in [0.15, 0.2) is 0 Å². The maximum atomic E-state index is 12.1. The Morgan fingerprint density at radius 1 is 1.06 bits per heavy atom. The molecule has 0 unspecified atom stereocenters. The summed E-state index contributed by atoms with van der Waals surface area (Å²) in [5.41, 5.74) is 4.06. The van der Waals surface area contributed by atoms with Crippen molar-refractivity contribution in [3.05, 3.63) is 87.4 Å². The van der Waals surface area contributed by atoms with Gasteiger partial charge in [-0.05, 0) is 36.4 Å². The molecule has 0 radical (unpaired) electrons. The SMILES string of the molecule is COc1cccc(NC(=O)C(=O)N/N=C\c2cc(Br)ccc2OCc2ccccc2Cl)c1. The molecule has 0 atom stereocenters. The molecule has 0 spiro atoms. The lowest BCUT2D eigenvalue weighted by molar-refractivity contribution is -0.136. The summed E-state index contributed by atoms with van der Waals surface area (Å²) in [6, 6.07) is 19.4. The molecule has 0 saturated heterocycles. The molecular weight excluding hydrogens is 498 g/mol. The van der Waals surface area contributed by atoms with Crippen LogP contribution in [0.25, 0.3) is 0 Å². The average molecular weight is 517 g/mol. The molecule has 0 aliphatic carbocycles. The lowest BCUT2D eigenvalue weighted by atomic mass is 10.2. The summed E-state index contributed by atoms with van der Waals surface area (Å²) in [7, 11) is 1.51. The highest BCUT2D eigenvalue weighted by molar-refractivity contribution is 9.10. The molecular formula is C23H19BrClN3O4. The second-order valence-electron chi connectivity index (χ2n) is 6.45. The average Bonchev–Trinajstić information content (AvgIpc) is 2.79. The molecule has 3 rings (SSSR count). The van der Waals surface area contributed by atoms with Crippen LogP contribution in [-0.4, -0.2) is 25.1 Å². The second-order valence-corrected chi connectivity index (χ2v) is 7.77. The molecule has 0 aliphatic rings. The molecule has 164 valence electrons. The van der Waals surface area contributed by atoms with Crippen LogP contribution in [0.5, 0.6) is 11.5 Å². The minimum Gasteiger partial charge on any atom is -0.497 e. The largest absolute Gasteiger partial charge is 0.497 e. The molecule has 0 fully saturated rings. The molecule has 3 aromatic carbocycles. The maximum absolute atomic E-state index is 12.1. The fraction of sp³-hybridized carbons (Fsp3) is 0.0870. The van der Waals surface area contributed by atoms with E-state index in [1.807, 2.05) is 24.3 Å². The van der Waals surface area contributed by atoms with Crippen molar-refractivity contribution in [1.29, 1.82) is 0 Å². The smallest absolute Gasteiger partial charge is 0.329 e. The van der Waals surface area contributed by atoms with Crippen LogP contribution in [-0.2, 0) is 16.2 Å². The molecule has 2 amide bonds. The van der Waals surface area contributed by atoms with Crippen LogP contribution in [0.1, 0.15) is 11.1 Å². The molecule has 3 aromatic rings. The van der Waals surface area contributed by atoms with Crippen LogP contribution in [0.3, 0.4) is 0 Å². The van der Waals surface area contributed by atoms with Crippen molar-refractivity contribution in [1.82, 2.24) is 5.43 Å². The Bertz CT molecular complexity index is 1150. The normalized spacial score (nSPS) is 10.6. The van der Waals surface area contributed by atoms with Gasteiger partial charge in [0, 0.05) is 32.4 Å². The zero-order valence-electron chi connectivity index (χ0n) is 17.0. The fourth-order valence-electron chi connectivity index (χ4n) is 2.62. The number of carbonyl (C=O) groups excluding carboxylic acids is 2. The number of hydrogen-bond donors (Lipinski definition) is 2. The van der Waals surface area contributed by atoms with Gasteiger partial charge in [0.05, 0.1) is 13.3 Å². The van der Waals surface area contributed by atoms with Crippen molar-refractivity contribution in [3.63, 3.8) is 0 Å². The number of hydrazone groups is 1. The maximum Gasteiger partial charge on any atom is 0.329 e. The summed E-state index contributed by atoms with van der Waals surface area (Å²) in [6.45, 7) is 0.261. The summed E-state index contributed by atoms with van der Waals surface area (Å²) >= 11 is 9.57. The first kappa shape index (κ1) is 23.3. The van der Waals surface area contributed by atoms with E-state index in [1.165, 1.54) is 13.3 Å². The molecule has 32 heavy (non-hydrogen) atoms. The van der Waals surface area contributed by atoms with Gasteiger partial charge in [0.25, 0.3) is 0 Å². The molecule has 2 N–H and O–H groups in total. The Hall–Kier alpha value is -3.36. The zero-order valence-corrected chi connectivity index (χ0v) is 19.3. The number of rotatable bonds is 7. The van der Waals surface area contributed by atoms with Crippen LogP contribution in [0.2, 0.25) is 5.02 Å². The monoisotopic (exact) mass is 515 g/mol. The van der Waals surface area contributed by atoms with Gasteiger partial charge in [-0.1, -0.05) is 51.8 Å². The van der Waals surface area contributed by atoms with Crippen LogP contribution < -0.4 is 20.2 Å². The molecule has 7 nitrogen and oxygen atoms in total. The standard InChI is InChI=1S/C23H19BrClN3O4/c1-31-19-7-4-6-18(12-19)27-22(29)23(30)28-26-13-16-11-17(24)9-10-21(16)32-14-15-5-2-3-8-20(15)25/h2-13H,14H2,1H3,(H,27,29)(H,28,30)/b26-13-. The quantitative estimate of drug-likeness (QED) is 0.269. The number of benzene rings is 3. The minimum absolute atomic E-state index is 0.261. The van der Waals surface area contributed by atoms with E-state index >= 15 is 0 Å². The number of carbonyl (C=O) groups is 2. The highest BCUT2D eigenvalue weighted by atomic mass is 79.9. The second kappa shape index (κ2) is 11.3. The highest BCUT2D eigenvalue weighted by Gasteiger charge is 2.13. The van der Waals surface area contributed by atoms with Crippen molar-refractivity contribution in [2.24, 2.45) is 5.10 Å². The van der Waals surface area contributed by atoms with Gasteiger partial charge < -0.3 is 14.8 Å². The van der Waals surface area contributed by atoms with E-state index in [2.05, 4.69) is 31.8 Å². The first-order valence-corrected chi connectivity index (χ1v) is 10.6. The summed E-state index contributed by atoms with van der Waals surface area (Å²) in [5, 5.41) is 6.96. The lowest BCUT2D eigenvalue weighted by Crippen LogP contribution is -2.32. The number of ether oxygens (including phenoxy) is 2. The number of amides is 2. The third kappa shape index (κ3) is 6.57. The number of anilines is 1. The summed E-state index contributed by atoms with van der Waals surface area (Å²) in [6.07, 6.45) is 1.39. The Balaban J connectivity index is 1.62. The predicted molar refractivity (Wildman–Crippen MR) is 127 cm³/mol. The summed E-state index contributed by atoms with van der Waals surface area (Å²) in [4.78, 5) is 24.2. The Kier molecular flexibility index (Phi) is 8.24. The van der Waals surface area contributed by atoms with Crippen molar-refractivity contribution >= 4 is 51.2 Å². The molecule has 0 heterocycles. The number of nitrogens with one attached hydrogen (secondary N) is 2. The molecule has 0 saturated carbocycles. The number of halogens is 2.